The van der Waals surface area contributed by atoms with Gasteiger partial charge in [0.25, 0.3) is 5.91 Å². The van der Waals surface area contributed by atoms with Gasteiger partial charge in [-0.3, -0.25) is 4.79 Å². The van der Waals surface area contributed by atoms with Gasteiger partial charge in [-0.25, -0.2) is 13.8 Å². The van der Waals surface area contributed by atoms with Crippen LogP contribution in [0.1, 0.15) is 31.7 Å². The monoisotopic (exact) mass is 403 g/mol. The van der Waals surface area contributed by atoms with Crippen molar-refractivity contribution in [1.82, 2.24) is 4.98 Å². The van der Waals surface area contributed by atoms with Crippen LogP contribution in [0, 0.1) is 11.6 Å². The number of hydrogen-bond acceptors (Lipinski definition) is 5. The maximum atomic E-state index is 13.2. The summed E-state index contributed by atoms with van der Waals surface area (Å²) < 4.78 is 26.2. The zero-order valence-corrected chi connectivity index (χ0v) is 16.1. The SMILES string of the molecule is CC(O/N=C(/N)c1ccnc(N2CCCCC2)c1)C(=O)Nc1ccc(F)c(F)c1. The summed E-state index contributed by atoms with van der Waals surface area (Å²) in [6.45, 7) is 3.37. The van der Waals surface area contributed by atoms with Crippen molar-refractivity contribution in [3.05, 3.63) is 53.7 Å². The fraction of sp³-hybridized carbons (Fsp3) is 0.350. The average molecular weight is 403 g/mol. The van der Waals surface area contributed by atoms with E-state index in [1.807, 2.05) is 6.07 Å². The summed E-state index contributed by atoms with van der Waals surface area (Å²) in [5.41, 5.74) is 6.73. The predicted octanol–water partition coefficient (Wildman–Crippen LogP) is 3.01. The van der Waals surface area contributed by atoms with Crippen LogP contribution in [0.2, 0.25) is 0 Å². The lowest BCUT2D eigenvalue weighted by Crippen LogP contribution is -2.30. The predicted molar refractivity (Wildman–Crippen MR) is 107 cm³/mol. The number of amidine groups is 1. The number of carbonyl (C=O) groups excluding carboxylic acids is 1. The molecule has 1 unspecified atom stereocenters. The fourth-order valence-electron chi connectivity index (χ4n) is 2.93. The number of nitrogens with one attached hydrogen (secondary N) is 1. The number of pyridine rings is 1. The molecule has 7 nitrogen and oxygen atoms in total. The van der Waals surface area contributed by atoms with E-state index in [2.05, 4.69) is 20.4 Å². The third-order valence-electron chi connectivity index (χ3n) is 4.59. The Balaban J connectivity index is 1.61. The molecule has 1 aromatic heterocycles. The Morgan fingerprint density at radius 2 is 1.97 bits per heavy atom. The van der Waals surface area contributed by atoms with Gasteiger partial charge in [0.15, 0.2) is 17.5 Å². The molecule has 1 aliphatic heterocycles. The molecule has 29 heavy (non-hydrogen) atoms. The molecule has 9 heteroatoms. The number of nitrogens with zero attached hydrogens (tertiary/aromatic N) is 3. The van der Waals surface area contributed by atoms with Gasteiger partial charge in [-0.05, 0) is 50.5 Å². The van der Waals surface area contributed by atoms with Gasteiger partial charge in [0.2, 0.25) is 6.10 Å². The molecule has 2 aromatic rings. The maximum Gasteiger partial charge on any atom is 0.267 e. The van der Waals surface area contributed by atoms with E-state index < -0.39 is 23.6 Å². The maximum absolute atomic E-state index is 13.2. The Labute approximate surface area is 167 Å². The van der Waals surface area contributed by atoms with E-state index in [0.29, 0.717) is 5.56 Å². The quantitative estimate of drug-likeness (QED) is 0.439. The summed E-state index contributed by atoms with van der Waals surface area (Å²) in [7, 11) is 0. The van der Waals surface area contributed by atoms with Gasteiger partial charge >= 0.3 is 0 Å². The Hall–Kier alpha value is -3.23. The lowest BCUT2D eigenvalue weighted by molar-refractivity contribution is -0.126. The molecule has 0 spiro atoms. The molecule has 1 saturated heterocycles. The number of oxime groups is 1. The van der Waals surface area contributed by atoms with Crippen LogP contribution < -0.4 is 16.0 Å². The van der Waals surface area contributed by atoms with Crippen LogP contribution in [0.4, 0.5) is 20.3 Å². The van der Waals surface area contributed by atoms with Crippen LogP contribution in [0.3, 0.4) is 0 Å². The smallest absolute Gasteiger partial charge is 0.267 e. The van der Waals surface area contributed by atoms with E-state index >= 15 is 0 Å². The number of nitrogens with two attached hydrogens (primary N) is 1. The molecule has 0 aliphatic carbocycles. The highest BCUT2D eigenvalue weighted by atomic mass is 19.2. The number of amides is 1. The first-order valence-corrected chi connectivity index (χ1v) is 9.40. The summed E-state index contributed by atoms with van der Waals surface area (Å²) in [5, 5.41) is 6.26. The lowest BCUT2D eigenvalue weighted by Gasteiger charge is -2.27. The Bertz CT molecular complexity index is 900. The van der Waals surface area contributed by atoms with Crippen molar-refractivity contribution < 1.29 is 18.4 Å². The van der Waals surface area contributed by atoms with Crippen LogP contribution >= 0.6 is 0 Å². The molecule has 3 N–H and O–H groups in total. The molecule has 1 aromatic carbocycles. The van der Waals surface area contributed by atoms with Gasteiger partial charge < -0.3 is 20.8 Å². The Morgan fingerprint density at radius 3 is 2.69 bits per heavy atom. The zero-order chi connectivity index (χ0) is 20.8. The minimum Gasteiger partial charge on any atom is -0.381 e. The van der Waals surface area contributed by atoms with Gasteiger partial charge in [-0.2, -0.15) is 0 Å². The van der Waals surface area contributed by atoms with Crippen molar-refractivity contribution in [2.45, 2.75) is 32.3 Å². The molecule has 3 rings (SSSR count). The third-order valence-corrected chi connectivity index (χ3v) is 4.59. The first-order valence-electron chi connectivity index (χ1n) is 9.40. The summed E-state index contributed by atoms with van der Waals surface area (Å²) in [6.07, 6.45) is 4.14. The van der Waals surface area contributed by atoms with Crippen molar-refractivity contribution >= 4 is 23.2 Å². The number of anilines is 2. The number of rotatable bonds is 6. The number of aromatic nitrogens is 1. The number of piperidine rings is 1. The van der Waals surface area contributed by atoms with Crippen molar-refractivity contribution in [2.75, 3.05) is 23.3 Å². The molecular formula is C20H23F2N5O2. The van der Waals surface area contributed by atoms with E-state index in [-0.39, 0.29) is 11.5 Å². The molecule has 2 heterocycles. The molecule has 1 fully saturated rings. The first kappa shape index (κ1) is 20.5. The van der Waals surface area contributed by atoms with Crippen molar-refractivity contribution in [3.63, 3.8) is 0 Å². The van der Waals surface area contributed by atoms with Crippen molar-refractivity contribution in [2.24, 2.45) is 10.9 Å². The molecule has 1 amide bonds. The topological polar surface area (TPSA) is 92.8 Å². The number of hydrogen-bond donors (Lipinski definition) is 2. The van der Waals surface area contributed by atoms with Crippen LogP contribution in [0.15, 0.2) is 41.7 Å². The highest BCUT2D eigenvalue weighted by Gasteiger charge is 2.17. The summed E-state index contributed by atoms with van der Waals surface area (Å²) in [5.74, 6) is -1.69. The van der Waals surface area contributed by atoms with E-state index in [1.165, 1.54) is 19.4 Å². The van der Waals surface area contributed by atoms with E-state index in [0.717, 1.165) is 43.9 Å². The Kier molecular flexibility index (Phi) is 6.58. The normalized spacial score (nSPS) is 15.7. The molecular weight excluding hydrogens is 380 g/mol. The first-order chi connectivity index (χ1) is 13.9. The van der Waals surface area contributed by atoms with E-state index in [4.69, 9.17) is 10.6 Å². The second-order valence-electron chi connectivity index (χ2n) is 6.79. The number of benzene rings is 1. The standard InChI is InChI=1S/C20H23F2N5O2/c1-13(20(28)25-15-5-6-16(21)17(22)12-15)29-26-19(23)14-7-8-24-18(11-14)27-9-3-2-4-10-27/h5-8,11-13H,2-4,9-10H2,1H3,(H2,23,26)(H,25,28). The lowest BCUT2D eigenvalue weighted by atomic mass is 10.1. The largest absolute Gasteiger partial charge is 0.381 e. The van der Waals surface area contributed by atoms with Crippen LogP contribution in [-0.2, 0) is 9.63 Å². The third kappa shape index (κ3) is 5.40. The minimum atomic E-state index is -1.05. The van der Waals surface area contributed by atoms with Crippen molar-refractivity contribution in [3.8, 4) is 0 Å². The van der Waals surface area contributed by atoms with Gasteiger partial charge in [-0.15, -0.1) is 0 Å². The summed E-state index contributed by atoms with van der Waals surface area (Å²) >= 11 is 0. The highest BCUT2D eigenvalue weighted by molar-refractivity contribution is 5.98. The van der Waals surface area contributed by atoms with Crippen LogP contribution in [-0.4, -0.2) is 35.9 Å². The average Bonchev–Trinajstić information content (AvgIpc) is 2.75. The molecule has 0 radical (unpaired) electrons. The van der Waals surface area contributed by atoms with Gasteiger partial charge in [0, 0.05) is 36.6 Å². The summed E-state index contributed by atoms with van der Waals surface area (Å²) in [6, 6.07) is 6.60. The second kappa shape index (κ2) is 9.31. The Morgan fingerprint density at radius 1 is 1.21 bits per heavy atom. The molecule has 0 saturated carbocycles. The van der Waals surface area contributed by atoms with Crippen molar-refractivity contribution in [1.29, 1.82) is 0 Å². The molecule has 1 aliphatic rings. The second-order valence-corrected chi connectivity index (χ2v) is 6.79. The highest BCUT2D eigenvalue weighted by Crippen LogP contribution is 2.18. The van der Waals surface area contributed by atoms with E-state index in [1.54, 1.807) is 12.3 Å². The zero-order valence-electron chi connectivity index (χ0n) is 16.1. The number of carbonyl (C=O) groups is 1. The van der Waals surface area contributed by atoms with Gasteiger partial charge in [-0.1, -0.05) is 5.16 Å². The van der Waals surface area contributed by atoms with E-state index in [9.17, 15) is 13.6 Å². The fourth-order valence-corrected chi connectivity index (χ4v) is 2.93. The van der Waals surface area contributed by atoms with Crippen LogP contribution in [0.25, 0.3) is 0 Å². The molecule has 1 atom stereocenters. The van der Waals surface area contributed by atoms with Crippen LogP contribution in [0.5, 0.6) is 0 Å². The molecule has 154 valence electrons. The number of halogens is 2. The van der Waals surface area contributed by atoms with Gasteiger partial charge in [0.05, 0.1) is 0 Å². The summed E-state index contributed by atoms with van der Waals surface area (Å²) in [4.78, 5) is 23.9. The van der Waals surface area contributed by atoms with Gasteiger partial charge in [0.1, 0.15) is 5.82 Å². The minimum absolute atomic E-state index is 0.109. The molecule has 0 bridgehead atoms.